The highest BCUT2D eigenvalue weighted by atomic mass is 16.5. The minimum atomic E-state index is -1.58. The molecule has 22 heavy (non-hydrogen) atoms. The van der Waals surface area contributed by atoms with Gasteiger partial charge in [0.2, 0.25) is 0 Å². The third-order valence-electron chi connectivity index (χ3n) is 2.97. The summed E-state index contributed by atoms with van der Waals surface area (Å²) < 4.78 is 5.00. The van der Waals surface area contributed by atoms with Crippen molar-refractivity contribution in [1.82, 2.24) is 0 Å². The van der Waals surface area contributed by atoms with Crippen LogP contribution in [-0.2, 0) is 4.79 Å². The summed E-state index contributed by atoms with van der Waals surface area (Å²) in [5.74, 6) is -2.50. The van der Waals surface area contributed by atoms with E-state index in [-0.39, 0.29) is 11.3 Å². The predicted molar refractivity (Wildman–Crippen MR) is 79.4 cm³/mol. The average Bonchev–Trinajstić information content (AvgIpc) is 2.54. The molecule has 0 atom stereocenters. The van der Waals surface area contributed by atoms with E-state index in [4.69, 9.17) is 9.84 Å². The van der Waals surface area contributed by atoms with Gasteiger partial charge in [-0.3, -0.25) is 9.59 Å². The number of hydrogen-bond donors (Lipinski definition) is 2. The fraction of sp³-hybridized carbons (Fsp3) is 0.0625. The Labute approximate surface area is 126 Å². The number of ether oxygens (including phenoxy) is 1. The van der Waals surface area contributed by atoms with E-state index in [9.17, 15) is 14.4 Å². The lowest BCUT2D eigenvalue weighted by Gasteiger charge is -2.09. The van der Waals surface area contributed by atoms with E-state index in [1.165, 1.54) is 25.3 Å². The lowest BCUT2D eigenvalue weighted by molar-refractivity contribution is -0.131. The SMILES string of the molecule is COc1ccc(C(=O)Nc2ccccc2C(=O)C(=O)O)cc1. The number of aliphatic carboxylic acids is 1. The highest BCUT2D eigenvalue weighted by Gasteiger charge is 2.19. The van der Waals surface area contributed by atoms with Crippen molar-refractivity contribution < 1.29 is 24.2 Å². The molecule has 6 nitrogen and oxygen atoms in total. The van der Waals surface area contributed by atoms with E-state index in [1.807, 2.05) is 0 Å². The van der Waals surface area contributed by atoms with Crippen molar-refractivity contribution in [2.75, 3.05) is 12.4 Å². The standard InChI is InChI=1S/C16H13NO5/c1-22-11-8-6-10(7-9-11)15(19)17-13-5-3-2-4-12(13)14(18)16(20)21/h2-9H,1H3,(H,17,19)(H,20,21). The molecule has 0 radical (unpaired) electrons. The molecule has 2 rings (SSSR count). The molecule has 0 unspecified atom stereocenters. The molecule has 0 saturated carbocycles. The van der Waals surface area contributed by atoms with Crippen molar-refractivity contribution in [3.05, 3.63) is 59.7 Å². The van der Waals surface area contributed by atoms with Gasteiger partial charge in [0.25, 0.3) is 11.7 Å². The third-order valence-corrected chi connectivity index (χ3v) is 2.97. The summed E-state index contributed by atoms with van der Waals surface area (Å²) in [5, 5.41) is 11.3. The van der Waals surface area contributed by atoms with Crippen LogP contribution in [-0.4, -0.2) is 29.9 Å². The molecule has 0 aliphatic rings. The molecule has 2 N–H and O–H groups in total. The van der Waals surface area contributed by atoms with E-state index in [2.05, 4.69) is 5.32 Å². The van der Waals surface area contributed by atoms with Crippen LogP contribution in [0, 0.1) is 0 Å². The van der Waals surface area contributed by atoms with Crippen molar-refractivity contribution in [3.63, 3.8) is 0 Å². The van der Waals surface area contributed by atoms with E-state index >= 15 is 0 Å². The number of carbonyl (C=O) groups is 3. The smallest absolute Gasteiger partial charge is 0.377 e. The molecule has 112 valence electrons. The molecule has 0 fully saturated rings. The summed E-state index contributed by atoms with van der Waals surface area (Å²) in [4.78, 5) is 34.5. The molecule has 0 aliphatic heterocycles. The molecule has 0 heterocycles. The number of benzene rings is 2. The van der Waals surface area contributed by atoms with Gasteiger partial charge in [0.15, 0.2) is 0 Å². The lowest BCUT2D eigenvalue weighted by atomic mass is 10.1. The number of hydrogen-bond acceptors (Lipinski definition) is 4. The van der Waals surface area contributed by atoms with Gasteiger partial charge in [-0.2, -0.15) is 0 Å². The van der Waals surface area contributed by atoms with Gasteiger partial charge in [-0.15, -0.1) is 0 Å². The predicted octanol–water partition coefficient (Wildman–Crippen LogP) is 2.21. The topological polar surface area (TPSA) is 92.7 Å². The zero-order valence-corrected chi connectivity index (χ0v) is 11.7. The Hall–Kier alpha value is -3.15. The van der Waals surface area contributed by atoms with Crippen molar-refractivity contribution >= 4 is 23.3 Å². The monoisotopic (exact) mass is 299 g/mol. The van der Waals surface area contributed by atoms with Crippen LogP contribution in [0.25, 0.3) is 0 Å². The Balaban J connectivity index is 2.24. The first-order valence-corrected chi connectivity index (χ1v) is 6.35. The summed E-state index contributed by atoms with van der Waals surface area (Å²) in [6.45, 7) is 0. The Bertz CT molecular complexity index is 722. The molecule has 0 bridgehead atoms. The second-order valence-electron chi connectivity index (χ2n) is 4.36. The van der Waals surface area contributed by atoms with Gasteiger partial charge >= 0.3 is 5.97 Å². The molecular weight excluding hydrogens is 286 g/mol. The first-order chi connectivity index (χ1) is 10.5. The number of rotatable bonds is 5. The number of nitrogens with one attached hydrogen (secondary N) is 1. The number of amides is 1. The number of carbonyl (C=O) groups excluding carboxylic acids is 2. The van der Waals surface area contributed by atoms with Crippen LogP contribution in [0.5, 0.6) is 5.75 Å². The van der Waals surface area contributed by atoms with Crippen molar-refractivity contribution in [3.8, 4) is 5.75 Å². The van der Waals surface area contributed by atoms with Crippen LogP contribution in [0.1, 0.15) is 20.7 Å². The van der Waals surface area contributed by atoms with E-state index < -0.39 is 17.7 Å². The molecule has 0 spiro atoms. The van der Waals surface area contributed by atoms with Gasteiger partial charge in [-0.25, -0.2) is 4.79 Å². The van der Waals surface area contributed by atoms with Gasteiger partial charge < -0.3 is 15.2 Å². The molecule has 1 amide bonds. The summed E-state index contributed by atoms with van der Waals surface area (Å²) >= 11 is 0. The molecule has 0 aliphatic carbocycles. The van der Waals surface area contributed by atoms with Crippen LogP contribution in [0.15, 0.2) is 48.5 Å². The summed E-state index contributed by atoms with van der Waals surface area (Å²) in [7, 11) is 1.52. The van der Waals surface area contributed by atoms with Crippen molar-refractivity contribution in [2.24, 2.45) is 0 Å². The van der Waals surface area contributed by atoms with Crippen LogP contribution >= 0.6 is 0 Å². The normalized spacial score (nSPS) is 9.86. The Kier molecular flexibility index (Phi) is 4.53. The number of para-hydroxylation sites is 1. The van der Waals surface area contributed by atoms with E-state index in [1.54, 1.807) is 30.3 Å². The van der Waals surface area contributed by atoms with E-state index in [0.717, 1.165) is 0 Å². The molecule has 0 aromatic heterocycles. The van der Waals surface area contributed by atoms with Gasteiger partial charge in [-0.1, -0.05) is 12.1 Å². The second-order valence-corrected chi connectivity index (χ2v) is 4.36. The minimum absolute atomic E-state index is 0.0724. The van der Waals surface area contributed by atoms with Crippen molar-refractivity contribution in [1.29, 1.82) is 0 Å². The molecule has 2 aromatic carbocycles. The van der Waals surface area contributed by atoms with Crippen LogP contribution < -0.4 is 10.1 Å². The van der Waals surface area contributed by atoms with Gasteiger partial charge in [-0.05, 0) is 36.4 Å². The Morgan fingerprint density at radius 3 is 2.23 bits per heavy atom. The first-order valence-electron chi connectivity index (χ1n) is 6.35. The number of ketones is 1. The maximum atomic E-state index is 12.1. The maximum absolute atomic E-state index is 12.1. The maximum Gasteiger partial charge on any atom is 0.377 e. The van der Waals surface area contributed by atoms with Gasteiger partial charge in [0, 0.05) is 5.56 Å². The fourth-order valence-corrected chi connectivity index (χ4v) is 1.84. The fourth-order valence-electron chi connectivity index (χ4n) is 1.84. The highest BCUT2D eigenvalue weighted by Crippen LogP contribution is 2.18. The van der Waals surface area contributed by atoms with E-state index in [0.29, 0.717) is 11.3 Å². The Morgan fingerprint density at radius 2 is 1.64 bits per heavy atom. The summed E-state index contributed by atoms with van der Waals surface area (Å²) in [6, 6.07) is 12.3. The molecule has 0 saturated heterocycles. The molecule has 2 aromatic rings. The van der Waals surface area contributed by atoms with Crippen LogP contribution in [0.3, 0.4) is 0 Å². The van der Waals surface area contributed by atoms with Crippen LogP contribution in [0.2, 0.25) is 0 Å². The third kappa shape index (κ3) is 3.29. The summed E-state index contributed by atoms with van der Waals surface area (Å²) in [6.07, 6.45) is 0. The number of methoxy groups -OCH3 is 1. The molecule has 6 heteroatoms. The molecular formula is C16H13NO5. The average molecular weight is 299 g/mol. The number of carboxylic acid groups (broad SMARTS) is 1. The first kappa shape index (κ1) is 15.2. The number of anilines is 1. The second kappa shape index (κ2) is 6.53. The number of Topliss-reactive ketones (excluding diaryl/α,β-unsaturated/α-hetero) is 1. The largest absolute Gasteiger partial charge is 0.497 e. The quantitative estimate of drug-likeness (QED) is 0.652. The summed E-state index contributed by atoms with van der Waals surface area (Å²) in [5.41, 5.74) is 0.436. The van der Waals surface area contributed by atoms with Crippen molar-refractivity contribution in [2.45, 2.75) is 0 Å². The number of carboxylic acids is 1. The zero-order valence-electron chi connectivity index (χ0n) is 11.7. The Morgan fingerprint density at radius 1 is 1.00 bits per heavy atom. The zero-order chi connectivity index (χ0) is 16.1. The van der Waals surface area contributed by atoms with Gasteiger partial charge in [0.05, 0.1) is 18.4 Å². The van der Waals surface area contributed by atoms with Crippen LogP contribution in [0.4, 0.5) is 5.69 Å². The van der Waals surface area contributed by atoms with Gasteiger partial charge in [0.1, 0.15) is 5.75 Å². The lowest BCUT2D eigenvalue weighted by Crippen LogP contribution is -2.18. The highest BCUT2D eigenvalue weighted by molar-refractivity contribution is 6.41. The minimum Gasteiger partial charge on any atom is -0.497 e.